The molecule has 0 fully saturated rings. The fraction of sp³-hybridized carbons (Fsp3) is 0. The molecule has 0 spiro atoms. The molecule has 0 unspecified atom stereocenters. The van der Waals surface area contributed by atoms with Gasteiger partial charge in [0.1, 0.15) is 10.7 Å². The summed E-state index contributed by atoms with van der Waals surface area (Å²) in [5, 5.41) is 8.48. The summed E-state index contributed by atoms with van der Waals surface area (Å²) < 4.78 is 5.10. The molecule has 1 aromatic carbocycles. The van der Waals surface area contributed by atoms with Crippen LogP contribution < -0.4 is 10.6 Å². The summed E-state index contributed by atoms with van der Waals surface area (Å²) in [6, 6.07) is 16.0. The minimum absolute atomic E-state index is 0.192. The molecule has 0 aliphatic heterocycles. The highest BCUT2D eigenvalue weighted by Crippen LogP contribution is 2.38. The molecular weight excluding hydrogens is 382 g/mol. The number of thiazole rings is 1. The van der Waals surface area contributed by atoms with Crippen molar-refractivity contribution in [3.63, 3.8) is 0 Å². The SMILES string of the molecule is O=C(Nc1sc(NC(=O)c2ccco2)nc1-c1cccs1)c1ccccc1. The number of rotatable bonds is 5. The molecule has 0 aliphatic carbocycles. The first-order valence-corrected chi connectivity index (χ1v) is 9.66. The molecule has 4 aromatic rings. The number of carbonyl (C=O) groups excluding carboxylic acids is 2. The van der Waals surface area contributed by atoms with Crippen LogP contribution in [0.15, 0.2) is 70.7 Å². The van der Waals surface area contributed by atoms with Crippen LogP contribution in [0.4, 0.5) is 10.1 Å². The van der Waals surface area contributed by atoms with Crippen LogP contribution >= 0.6 is 22.7 Å². The van der Waals surface area contributed by atoms with E-state index in [1.807, 2.05) is 23.6 Å². The third-order valence-corrected chi connectivity index (χ3v) is 5.37. The largest absolute Gasteiger partial charge is 0.459 e. The van der Waals surface area contributed by atoms with E-state index < -0.39 is 5.91 Å². The fourth-order valence-electron chi connectivity index (χ4n) is 2.37. The molecule has 3 heterocycles. The summed E-state index contributed by atoms with van der Waals surface area (Å²) in [6.45, 7) is 0. The molecule has 0 atom stereocenters. The molecule has 0 bridgehead atoms. The predicted octanol–water partition coefficient (Wildman–Crippen LogP) is 4.97. The van der Waals surface area contributed by atoms with Crippen LogP contribution in [0, 0.1) is 0 Å². The van der Waals surface area contributed by atoms with E-state index in [0.717, 1.165) is 4.88 Å². The van der Waals surface area contributed by atoms with Gasteiger partial charge in [0.25, 0.3) is 11.8 Å². The van der Waals surface area contributed by atoms with Gasteiger partial charge in [0, 0.05) is 5.56 Å². The molecule has 4 rings (SSSR count). The molecule has 0 saturated carbocycles. The Kier molecular flexibility index (Phi) is 4.82. The van der Waals surface area contributed by atoms with Gasteiger partial charge >= 0.3 is 0 Å². The average Bonchev–Trinajstić information content (AvgIpc) is 3.44. The maximum Gasteiger partial charge on any atom is 0.293 e. The Morgan fingerprint density at radius 1 is 0.926 bits per heavy atom. The van der Waals surface area contributed by atoms with Gasteiger partial charge in [0.15, 0.2) is 10.9 Å². The van der Waals surface area contributed by atoms with Gasteiger partial charge < -0.3 is 9.73 Å². The summed E-state index contributed by atoms with van der Waals surface area (Å²) in [7, 11) is 0. The van der Waals surface area contributed by atoms with Crippen LogP contribution in [-0.2, 0) is 0 Å². The summed E-state index contributed by atoms with van der Waals surface area (Å²) in [5.74, 6) is -0.439. The number of thiophene rings is 1. The highest BCUT2D eigenvalue weighted by atomic mass is 32.1. The number of anilines is 2. The van der Waals surface area contributed by atoms with Crippen molar-refractivity contribution < 1.29 is 14.0 Å². The van der Waals surface area contributed by atoms with Gasteiger partial charge in [0.2, 0.25) is 0 Å². The number of furan rings is 1. The molecular formula is C19H13N3O3S2. The smallest absolute Gasteiger partial charge is 0.293 e. The van der Waals surface area contributed by atoms with Crippen molar-refractivity contribution >= 4 is 44.6 Å². The van der Waals surface area contributed by atoms with E-state index in [1.165, 1.54) is 28.9 Å². The topological polar surface area (TPSA) is 84.2 Å². The molecule has 8 heteroatoms. The maximum absolute atomic E-state index is 12.5. The van der Waals surface area contributed by atoms with Crippen LogP contribution in [-0.4, -0.2) is 16.8 Å². The van der Waals surface area contributed by atoms with Crippen molar-refractivity contribution in [3.05, 3.63) is 77.6 Å². The minimum Gasteiger partial charge on any atom is -0.459 e. The van der Waals surface area contributed by atoms with Crippen LogP contribution in [0.25, 0.3) is 10.6 Å². The zero-order valence-corrected chi connectivity index (χ0v) is 15.5. The lowest BCUT2D eigenvalue weighted by molar-refractivity contribution is 0.0994. The summed E-state index contributed by atoms with van der Waals surface area (Å²) in [6.07, 6.45) is 1.43. The third kappa shape index (κ3) is 3.81. The normalized spacial score (nSPS) is 10.5. The summed E-state index contributed by atoms with van der Waals surface area (Å²) in [4.78, 5) is 30.1. The monoisotopic (exact) mass is 395 g/mol. The summed E-state index contributed by atoms with van der Waals surface area (Å²) >= 11 is 2.70. The Balaban J connectivity index is 1.62. The number of aromatic nitrogens is 1. The van der Waals surface area contributed by atoms with Crippen molar-refractivity contribution in [1.29, 1.82) is 0 Å². The number of hydrogen-bond donors (Lipinski definition) is 2. The van der Waals surface area contributed by atoms with Crippen LogP contribution in [0.3, 0.4) is 0 Å². The maximum atomic E-state index is 12.5. The zero-order chi connectivity index (χ0) is 18.6. The van der Waals surface area contributed by atoms with Gasteiger partial charge in [0.05, 0.1) is 11.1 Å². The molecule has 2 amide bonds. The van der Waals surface area contributed by atoms with Crippen molar-refractivity contribution in [1.82, 2.24) is 4.98 Å². The number of amides is 2. The number of benzene rings is 1. The second-order valence-electron chi connectivity index (χ2n) is 5.43. The molecule has 0 radical (unpaired) electrons. The van der Waals surface area contributed by atoms with E-state index in [0.29, 0.717) is 21.4 Å². The molecule has 3 aromatic heterocycles. The standard InChI is InChI=1S/C19H13N3O3S2/c23-16(12-6-2-1-3-7-12)21-18-15(14-9-5-11-26-14)20-19(27-18)22-17(24)13-8-4-10-25-13/h1-11H,(H,21,23)(H,20,22,24). The quantitative estimate of drug-likeness (QED) is 0.500. The van der Waals surface area contributed by atoms with Gasteiger partial charge in [-0.1, -0.05) is 35.6 Å². The van der Waals surface area contributed by atoms with E-state index in [4.69, 9.17) is 4.42 Å². The summed E-state index contributed by atoms with van der Waals surface area (Å²) in [5.41, 5.74) is 1.17. The van der Waals surface area contributed by atoms with Crippen molar-refractivity contribution in [2.24, 2.45) is 0 Å². The molecule has 6 nitrogen and oxygen atoms in total. The second kappa shape index (κ2) is 7.56. The van der Waals surface area contributed by atoms with Gasteiger partial charge in [-0.3, -0.25) is 14.9 Å². The van der Waals surface area contributed by atoms with E-state index in [2.05, 4.69) is 15.6 Å². The number of nitrogens with one attached hydrogen (secondary N) is 2. The van der Waals surface area contributed by atoms with Gasteiger partial charge in [-0.2, -0.15) is 0 Å². The Hall–Kier alpha value is -3.23. The third-order valence-electron chi connectivity index (χ3n) is 3.61. The Bertz CT molecular complexity index is 1060. The van der Waals surface area contributed by atoms with E-state index in [-0.39, 0.29) is 11.7 Å². The van der Waals surface area contributed by atoms with Crippen LogP contribution in [0.5, 0.6) is 0 Å². The number of carbonyl (C=O) groups is 2. The van der Waals surface area contributed by atoms with E-state index in [1.54, 1.807) is 36.4 Å². The van der Waals surface area contributed by atoms with Crippen LogP contribution in [0.1, 0.15) is 20.9 Å². The van der Waals surface area contributed by atoms with Crippen LogP contribution in [0.2, 0.25) is 0 Å². The lowest BCUT2D eigenvalue weighted by Gasteiger charge is -2.03. The van der Waals surface area contributed by atoms with Gasteiger partial charge in [-0.05, 0) is 35.7 Å². The van der Waals surface area contributed by atoms with E-state index >= 15 is 0 Å². The first-order chi connectivity index (χ1) is 13.2. The number of nitrogens with zero attached hydrogens (tertiary/aromatic N) is 1. The Labute approximate surface area is 162 Å². The first kappa shape index (κ1) is 17.2. The zero-order valence-electron chi connectivity index (χ0n) is 13.8. The molecule has 0 saturated heterocycles. The molecule has 2 N–H and O–H groups in total. The fourth-order valence-corrected chi connectivity index (χ4v) is 4.02. The van der Waals surface area contributed by atoms with Crippen molar-refractivity contribution in [2.75, 3.05) is 10.6 Å². The lowest BCUT2D eigenvalue weighted by Crippen LogP contribution is -2.11. The van der Waals surface area contributed by atoms with Crippen molar-refractivity contribution in [3.8, 4) is 10.6 Å². The van der Waals surface area contributed by atoms with Gasteiger partial charge in [-0.25, -0.2) is 4.98 Å². The predicted molar refractivity (Wildman–Crippen MR) is 106 cm³/mol. The molecule has 134 valence electrons. The van der Waals surface area contributed by atoms with Crippen molar-refractivity contribution in [2.45, 2.75) is 0 Å². The Morgan fingerprint density at radius 3 is 2.48 bits per heavy atom. The van der Waals surface area contributed by atoms with E-state index in [9.17, 15) is 9.59 Å². The van der Waals surface area contributed by atoms with Gasteiger partial charge in [-0.15, -0.1) is 11.3 Å². The molecule has 0 aliphatic rings. The highest BCUT2D eigenvalue weighted by Gasteiger charge is 2.19. The minimum atomic E-state index is -0.396. The molecule has 27 heavy (non-hydrogen) atoms. The second-order valence-corrected chi connectivity index (χ2v) is 7.37. The Morgan fingerprint density at radius 2 is 1.78 bits per heavy atom. The average molecular weight is 395 g/mol. The highest BCUT2D eigenvalue weighted by molar-refractivity contribution is 7.21. The first-order valence-electron chi connectivity index (χ1n) is 7.96. The lowest BCUT2D eigenvalue weighted by atomic mass is 10.2. The number of hydrogen-bond acceptors (Lipinski definition) is 6.